The van der Waals surface area contributed by atoms with Crippen LogP contribution in [0.2, 0.25) is 0 Å². The molecule has 9 heteroatoms. The van der Waals surface area contributed by atoms with Crippen molar-refractivity contribution < 1.29 is 13.2 Å². The van der Waals surface area contributed by atoms with Gasteiger partial charge in [-0.1, -0.05) is 0 Å². The Bertz CT molecular complexity index is 686. The van der Waals surface area contributed by atoms with E-state index in [1.807, 2.05) is 14.0 Å². The molecule has 1 aromatic rings. The maximum atomic E-state index is 12.8. The monoisotopic (exact) mass is 372 g/mol. The van der Waals surface area contributed by atoms with Gasteiger partial charge in [0.15, 0.2) is 5.11 Å². The Morgan fingerprint density at radius 1 is 1.29 bits per heavy atom. The SMILES string of the molecule is CCNC(=S)Nc1cc(S(=O)(=O)N2CCN(C)CC2)ccc1OC. The molecule has 0 unspecified atom stereocenters. The van der Waals surface area contributed by atoms with Crippen LogP contribution >= 0.6 is 12.2 Å². The largest absolute Gasteiger partial charge is 0.495 e. The molecule has 2 N–H and O–H groups in total. The van der Waals surface area contributed by atoms with Crippen LogP contribution < -0.4 is 15.4 Å². The van der Waals surface area contributed by atoms with Gasteiger partial charge in [0.05, 0.1) is 17.7 Å². The molecule has 0 radical (unpaired) electrons. The summed E-state index contributed by atoms with van der Waals surface area (Å²) in [5.74, 6) is 0.535. The number of hydrogen-bond acceptors (Lipinski definition) is 5. The van der Waals surface area contributed by atoms with E-state index in [2.05, 4.69) is 15.5 Å². The fraction of sp³-hybridized carbons (Fsp3) is 0.533. The van der Waals surface area contributed by atoms with Crippen LogP contribution in [0.4, 0.5) is 5.69 Å². The number of thiocarbonyl (C=S) groups is 1. The first-order chi connectivity index (χ1) is 11.4. The summed E-state index contributed by atoms with van der Waals surface area (Å²) >= 11 is 5.17. The lowest BCUT2D eigenvalue weighted by atomic mass is 10.3. The molecule has 0 atom stereocenters. The van der Waals surface area contributed by atoms with Gasteiger partial charge in [-0.2, -0.15) is 4.31 Å². The van der Waals surface area contributed by atoms with Crippen molar-refractivity contribution in [2.75, 3.05) is 52.2 Å². The second-order valence-corrected chi connectivity index (χ2v) is 7.90. The van der Waals surface area contributed by atoms with Gasteiger partial charge in [0.1, 0.15) is 5.75 Å². The van der Waals surface area contributed by atoms with Crippen LogP contribution in [-0.4, -0.2) is 69.6 Å². The molecule has 0 saturated carbocycles. The minimum atomic E-state index is -3.53. The van der Waals surface area contributed by atoms with Crippen LogP contribution in [0.3, 0.4) is 0 Å². The van der Waals surface area contributed by atoms with E-state index in [4.69, 9.17) is 17.0 Å². The number of piperazine rings is 1. The molecular formula is C15H24N4O3S2. The maximum absolute atomic E-state index is 12.8. The van der Waals surface area contributed by atoms with Crippen molar-refractivity contribution in [2.24, 2.45) is 0 Å². The fourth-order valence-corrected chi connectivity index (χ4v) is 4.15. The van der Waals surface area contributed by atoms with Crippen molar-refractivity contribution in [1.29, 1.82) is 0 Å². The van der Waals surface area contributed by atoms with E-state index in [1.165, 1.54) is 11.4 Å². The summed E-state index contributed by atoms with van der Waals surface area (Å²) < 4.78 is 32.5. The molecule has 1 aliphatic rings. The smallest absolute Gasteiger partial charge is 0.243 e. The molecule has 0 aromatic heterocycles. The van der Waals surface area contributed by atoms with Crippen molar-refractivity contribution in [3.8, 4) is 5.75 Å². The van der Waals surface area contributed by atoms with Crippen molar-refractivity contribution in [1.82, 2.24) is 14.5 Å². The Kier molecular flexibility index (Phi) is 6.39. The number of likely N-dealkylation sites (N-methyl/N-ethyl adjacent to an activating group) is 1. The molecule has 134 valence electrons. The minimum absolute atomic E-state index is 0.231. The molecular weight excluding hydrogens is 348 g/mol. The highest BCUT2D eigenvalue weighted by atomic mass is 32.2. The van der Waals surface area contributed by atoms with E-state index in [0.717, 1.165) is 13.1 Å². The molecule has 7 nitrogen and oxygen atoms in total. The summed E-state index contributed by atoms with van der Waals surface area (Å²) in [5.41, 5.74) is 0.527. The lowest BCUT2D eigenvalue weighted by Gasteiger charge is -2.31. The van der Waals surface area contributed by atoms with Crippen LogP contribution in [0.15, 0.2) is 23.1 Å². The average Bonchev–Trinajstić information content (AvgIpc) is 2.55. The maximum Gasteiger partial charge on any atom is 0.243 e. The highest BCUT2D eigenvalue weighted by Gasteiger charge is 2.28. The van der Waals surface area contributed by atoms with E-state index in [1.54, 1.807) is 18.2 Å². The van der Waals surface area contributed by atoms with Crippen molar-refractivity contribution >= 4 is 33.0 Å². The van der Waals surface area contributed by atoms with E-state index >= 15 is 0 Å². The number of sulfonamides is 1. The van der Waals surface area contributed by atoms with Gasteiger partial charge in [0, 0.05) is 32.7 Å². The van der Waals surface area contributed by atoms with E-state index in [9.17, 15) is 8.42 Å². The molecule has 2 rings (SSSR count). The minimum Gasteiger partial charge on any atom is -0.495 e. The first kappa shape index (κ1) is 18.9. The molecule has 0 aliphatic carbocycles. The molecule has 24 heavy (non-hydrogen) atoms. The predicted molar refractivity (Wildman–Crippen MR) is 99.1 cm³/mol. The van der Waals surface area contributed by atoms with Gasteiger partial charge in [0.2, 0.25) is 10.0 Å². The Balaban J connectivity index is 2.28. The van der Waals surface area contributed by atoms with Gasteiger partial charge in [-0.15, -0.1) is 0 Å². The topological polar surface area (TPSA) is 73.9 Å². The fourth-order valence-electron chi connectivity index (χ4n) is 2.45. The van der Waals surface area contributed by atoms with Gasteiger partial charge in [-0.05, 0) is 44.4 Å². The van der Waals surface area contributed by atoms with E-state index in [-0.39, 0.29) is 4.90 Å². The summed E-state index contributed by atoms with van der Waals surface area (Å²) in [6.07, 6.45) is 0. The summed E-state index contributed by atoms with van der Waals surface area (Å²) in [7, 11) is -0.0133. The summed E-state index contributed by atoms with van der Waals surface area (Å²) in [6.45, 7) is 5.04. The number of methoxy groups -OCH3 is 1. The number of hydrogen-bond donors (Lipinski definition) is 2. The first-order valence-electron chi connectivity index (χ1n) is 7.80. The Morgan fingerprint density at radius 2 is 1.96 bits per heavy atom. The second-order valence-electron chi connectivity index (χ2n) is 5.55. The third kappa shape index (κ3) is 4.35. The molecule has 1 heterocycles. The molecule has 1 saturated heterocycles. The molecule has 1 aliphatic heterocycles. The van der Waals surface area contributed by atoms with E-state index in [0.29, 0.717) is 36.2 Å². The van der Waals surface area contributed by atoms with Crippen LogP contribution in [0, 0.1) is 0 Å². The predicted octanol–water partition coefficient (Wildman–Crippen LogP) is 0.938. The Morgan fingerprint density at radius 3 is 2.54 bits per heavy atom. The number of benzene rings is 1. The van der Waals surface area contributed by atoms with Gasteiger partial charge in [-0.25, -0.2) is 8.42 Å². The zero-order chi connectivity index (χ0) is 17.7. The number of ether oxygens (including phenoxy) is 1. The zero-order valence-electron chi connectivity index (χ0n) is 14.2. The normalized spacial score (nSPS) is 16.6. The second kappa shape index (κ2) is 8.11. The van der Waals surface area contributed by atoms with E-state index < -0.39 is 10.0 Å². The van der Waals surface area contributed by atoms with Crippen LogP contribution in [0.25, 0.3) is 0 Å². The lowest BCUT2D eigenvalue weighted by Crippen LogP contribution is -2.47. The molecule has 0 spiro atoms. The third-order valence-electron chi connectivity index (χ3n) is 3.86. The molecule has 1 fully saturated rings. The number of rotatable bonds is 5. The van der Waals surface area contributed by atoms with Gasteiger partial charge in [-0.3, -0.25) is 0 Å². The average molecular weight is 373 g/mol. The molecule has 0 bridgehead atoms. The molecule has 1 aromatic carbocycles. The van der Waals surface area contributed by atoms with Crippen LogP contribution in [-0.2, 0) is 10.0 Å². The number of nitrogens with one attached hydrogen (secondary N) is 2. The summed E-state index contributed by atoms with van der Waals surface area (Å²) in [6, 6.07) is 4.77. The first-order valence-corrected chi connectivity index (χ1v) is 9.65. The summed E-state index contributed by atoms with van der Waals surface area (Å²) in [4.78, 5) is 2.34. The van der Waals surface area contributed by atoms with Crippen LogP contribution in [0.5, 0.6) is 5.75 Å². The number of anilines is 1. The van der Waals surface area contributed by atoms with Crippen molar-refractivity contribution in [2.45, 2.75) is 11.8 Å². The molecule has 0 amide bonds. The zero-order valence-corrected chi connectivity index (χ0v) is 15.8. The Hall–Kier alpha value is -1.42. The third-order valence-corrected chi connectivity index (χ3v) is 6.00. The van der Waals surface area contributed by atoms with Crippen molar-refractivity contribution in [3.05, 3.63) is 18.2 Å². The van der Waals surface area contributed by atoms with Crippen LogP contribution in [0.1, 0.15) is 6.92 Å². The quantitative estimate of drug-likeness (QED) is 0.745. The van der Waals surface area contributed by atoms with Crippen molar-refractivity contribution in [3.63, 3.8) is 0 Å². The lowest BCUT2D eigenvalue weighted by molar-refractivity contribution is 0.222. The van der Waals surface area contributed by atoms with Gasteiger partial charge in [0.25, 0.3) is 0 Å². The van der Waals surface area contributed by atoms with Gasteiger partial charge < -0.3 is 20.3 Å². The Labute approximate surface area is 149 Å². The van der Waals surface area contributed by atoms with Gasteiger partial charge >= 0.3 is 0 Å². The number of nitrogens with zero attached hydrogens (tertiary/aromatic N) is 2. The highest BCUT2D eigenvalue weighted by Crippen LogP contribution is 2.29. The highest BCUT2D eigenvalue weighted by molar-refractivity contribution is 7.89. The summed E-state index contributed by atoms with van der Waals surface area (Å²) in [5, 5.41) is 6.38. The standard InChI is InChI=1S/C15H24N4O3S2/c1-4-16-15(23)17-13-11-12(5-6-14(13)22-3)24(20,21)19-9-7-18(2)8-10-19/h5-6,11H,4,7-10H2,1-3H3,(H2,16,17,23).